The molecule has 1 aromatic rings. The summed E-state index contributed by atoms with van der Waals surface area (Å²) in [5, 5.41) is 15.5. The van der Waals surface area contributed by atoms with Crippen molar-refractivity contribution in [3.63, 3.8) is 0 Å². The molecule has 3 rings (SSSR count). The highest BCUT2D eigenvalue weighted by Gasteiger charge is 2.49. The van der Waals surface area contributed by atoms with Gasteiger partial charge in [0, 0.05) is 12.2 Å². The van der Waals surface area contributed by atoms with Gasteiger partial charge in [0.1, 0.15) is 5.54 Å². The highest BCUT2D eigenvalue weighted by atomic mass is 16.4. The van der Waals surface area contributed by atoms with E-state index in [-0.39, 0.29) is 17.7 Å². The van der Waals surface area contributed by atoms with Gasteiger partial charge in [-0.1, -0.05) is 18.2 Å². The minimum Gasteiger partial charge on any atom is -0.480 e. The predicted molar refractivity (Wildman–Crippen MR) is 79.2 cm³/mol. The second-order valence-corrected chi connectivity index (χ2v) is 6.13. The van der Waals surface area contributed by atoms with Gasteiger partial charge in [-0.15, -0.1) is 0 Å². The molecule has 2 unspecified atom stereocenters. The van der Waals surface area contributed by atoms with Crippen LogP contribution in [0, 0.1) is 5.92 Å². The molecule has 5 nitrogen and oxygen atoms in total. The fourth-order valence-electron chi connectivity index (χ4n) is 3.07. The van der Waals surface area contributed by atoms with Gasteiger partial charge in [-0.3, -0.25) is 4.79 Å². The standard InChI is InChI=1S/C16H20N2O3/c1-16(15(20)21,10-6-7-10)18-14(19)12-8-9-17-13-5-3-2-4-11(12)13/h2-5,10,12,17H,6-9H2,1H3,(H,18,19)(H,20,21). The number of hydrogen-bond donors (Lipinski definition) is 3. The van der Waals surface area contributed by atoms with Gasteiger partial charge in [0.2, 0.25) is 5.91 Å². The van der Waals surface area contributed by atoms with Crippen molar-refractivity contribution >= 4 is 17.6 Å². The van der Waals surface area contributed by atoms with Crippen molar-refractivity contribution in [2.75, 3.05) is 11.9 Å². The van der Waals surface area contributed by atoms with E-state index in [1.165, 1.54) is 0 Å². The molecule has 5 heteroatoms. The zero-order valence-electron chi connectivity index (χ0n) is 12.1. The average Bonchev–Trinajstić information content (AvgIpc) is 3.31. The number of carboxylic acid groups (broad SMARTS) is 1. The zero-order valence-corrected chi connectivity index (χ0v) is 12.1. The lowest BCUT2D eigenvalue weighted by molar-refractivity contribution is -0.148. The summed E-state index contributed by atoms with van der Waals surface area (Å²) in [4.78, 5) is 24.2. The van der Waals surface area contributed by atoms with E-state index in [0.29, 0.717) is 6.42 Å². The number of benzene rings is 1. The molecule has 1 saturated carbocycles. The largest absolute Gasteiger partial charge is 0.480 e. The fraction of sp³-hybridized carbons (Fsp3) is 0.500. The van der Waals surface area contributed by atoms with Gasteiger partial charge in [-0.05, 0) is 43.7 Å². The Kier molecular flexibility index (Phi) is 3.35. The Morgan fingerprint density at radius 2 is 2.00 bits per heavy atom. The maximum absolute atomic E-state index is 12.6. The summed E-state index contributed by atoms with van der Waals surface area (Å²) in [5.41, 5.74) is 0.772. The lowest BCUT2D eigenvalue weighted by Crippen LogP contribution is -2.55. The number of carboxylic acids is 1. The van der Waals surface area contributed by atoms with Crippen LogP contribution in [0.2, 0.25) is 0 Å². The number of aliphatic carboxylic acids is 1. The van der Waals surface area contributed by atoms with Crippen LogP contribution in [0.5, 0.6) is 0 Å². The Morgan fingerprint density at radius 3 is 2.67 bits per heavy atom. The molecule has 0 saturated heterocycles. The molecular formula is C16H20N2O3. The molecule has 0 aromatic heterocycles. The summed E-state index contributed by atoms with van der Waals surface area (Å²) in [6.45, 7) is 2.35. The number of para-hydroxylation sites is 1. The maximum atomic E-state index is 12.6. The normalized spacial score (nSPS) is 23.4. The summed E-state index contributed by atoms with van der Waals surface area (Å²) in [6, 6.07) is 7.72. The molecule has 1 aliphatic heterocycles. The van der Waals surface area contributed by atoms with E-state index in [4.69, 9.17) is 0 Å². The van der Waals surface area contributed by atoms with Crippen LogP contribution in [0.4, 0.5) is 5.69 Å². The first kappa shape index (κ1) is 13.9. The first-order chi connectivity index (χ1) is 10.0. The van der Waals surface area contributed by atoms with Crippen molar-refractivity contribution in [2.24, 2.45) is 5.92 Å². The van der Waals surface area contributed by atoms with Gasteiger partial charge >= 0.3 is 5.97 Å². The Hall–Kier alpha value is -2.04. The number of amides is 1. The Bertz CT molecular complexity index is 583. The third-order valence-electron chi connectivity index (χ3n) is 4.62. The van der Waals surface area contributed by atoms with Gasteiger partial charge in [0.15, 0.2) is 0 Å². The molecule has 1 heterocycles. The number of carbonyl (C=O) groups is 2. The van der Waals surface area contributed by atoms with Crippen molar-refractivity contribution in [3.05, 3.63) is 29.8 Å². The van der Waals surface area contributed by atoms with Crippen LogP contribution in [-0.2, 0) is 9.59 Å². The van der Waals surface area contributed by atoms with Crippen LogP contribution in [0.3, 0.4) is 0 Å². The molecule has 2 atom stereocenters. The molecule has 0 spiro atoms. The van der Waals surface area contributed by atoms with Gasteiger partial charge < -0.3 is 15.7 Å². The number of carbonyl (C=O) groups excluding carboxylic acids is 1. The van der Waals surface area contributed by atoms with Gasteiger partial charge in [-0.2, -0.15) is 0 Å². The van der Waals surface area contributed by atoms with Crippen molar-refractivity contribution in [1.82, 2.24) is 5.32 Å². The molecule has 1 amide bonds. The van der Waals surface area contributed by atoms with Crippen LogP contribution < -0.4 is 10.6 Å². The first-order valence-electron chi connectivity index (χ1n) is 7.40. The molecule has 3 N–H and O–H groups in total. The lowest BCUT2D eigenvalue weighted by atomic mass is 9.88. The van der Waals surface area contributed by atoms with E-state index in [1.807, 2.05) is 24.3 Å². The Balaban J connectivity index is 1.82. The lowest BCUT2D eigenvalue weighted by Gasteiger charge is -2.31. The molecular weight excluding hydrogens is 268 g/mol. The minimum absolute atomic E-state index is 0.0518. The van der Waals surface area contributed by atoms with Gasteiger partial charge in [0.05, 0.1) is 5.92 Å². The molecule has 0 radical (unpaired) electrons. The number of fused-ring (bicyclic) bond motifs is 1. The highest BCUT2D eigenvalue weighted by Crippen LogP contribution is 2.40. The van der Waals surface area contributed by atoms with Gasteiger partial charge in [0.25, 0.3) is 0 Å². The van der Waals surface area contributed by atoms with Crippen LogP contribution in [0.15, 0.2) is 24.3 Å². The molecule has 1 fully saturated rings. The van der Waals surface area contributed by atoms with Crippen molar-refractivity contribution < 1.29 is 14.7 Å². The van der Waals surface area contributed by atoms with Crippen LogP contribution in [0.1, 0.15) is 37.7 Å². The monoisotopic (exact) mass is 288 g/mol. The number of rotatable bonds is 4. The molecule has 112 valence electrons. The quantitative estimate of drug-likeness (QED) is 0.791. The topological polar surface area (TPSA) is 78.4 Å². The smallest absolute Gasteiger partial charge is 0.329 e. The Labute approximate surface area is 123 Å². The van der Waals surface area contributed by atoms with E-state index in [0.717, 1.165) is 30.6 Å². The van der Waals surface area contributed by atoms with Crippen LogP contribution in [0.25, 0.3) is 0 Å². The van der Waals surface area contributed by atoms with E-state index in [1.54, 1.807) is 6.92 Å². The predicted octanol–water partition coefficient (Wildman–Crippen LogP) is 1.96. The maximum Gasteiger partial charge on any atom is 0.329 e. The summed E-state index contributed by atoms with van der Waals surface area (Å²) in [5.74, 6) is -1.35. The summed E-state index contributed by atoms with van der Waals surface area (Å²) < 4.78 is 0. The van der Waals surface area contributed by atoms with Crippen molar-refractivity contribution in [1.29, 1.82) is 0 Å². The molecule has 2 aliphatic rings. The zero-order chi connectivity index (χ0) is 15.0. The third-order valence-corrected chi connectivity index (χ3v) is 4.62. The minimum atomic E-state index is -1.14. The summed E-state index contributed by atoms with van der Waals surface area (Å²) in [7, 11) is 0. The summed E-state index contributed by atoms with van der Waals surface area (Å²) >= 11 is 0. The second kappa shape index (κ2) is 5.06. The van der Waals surface area contributed by atoms with E-state index < -0.39 is 11.5 Å². The van der Waals surface area contributed by atoms with Crippen molar-refractivity contribution in [3.8, 4) is 0 Å². The SMILES string of the molecule is CC(NC(=O)C1CCNc2ccccc21)(C(=O)O)C1CC1. The molecule has 21 heavy (non-hydrogen) atoms. The fourth-order valence-corrected chi connectivity index (χ4v) is 3.07. The van der Waals surface area contributed by atoms with Gasteiger partial charge in [-0.25, -0.2) is 4.79 Å². The first-order valence-corrected chi connectivity index (χ1v) is 7.40. The van der Waals surface area contributed by atoms with E-state index >= 15 is 0 Å². The van der Waals surface area contributed by atoms with Crippen LogP contribution in [-0.4, -0.2) is 29.1 Å². The second-order valence-electron chi connectivity index (χ2n) is 6.13. The number of nitrogens with one attached hydrogen (secondary N) is 2. The molecule has 1 aromatic carbocycles. The molecule has 1 aliphatic carbocycles. The highest BCUT2D eigenvalue weighted by molar-refractivity contribution is 5.92. The average molecular weight is 288 g/mol. The van der Waals surface area contributed by atoms with E-state index in [9.17, 15) is 14.7 Å². The van der Waals surface area contributed by atoms with Crippen LogP contribution >= 0.6 is 0 Å². The summed E-state index contributed by atoms with van der Waals surface area (Å²) in [6.07, 6.45) is 2.42. The van der Waals surface area contributed by atoms with Crippen molar-refractivity contribution in [2.45, 2.75) is 37.6 Å². The van der Waals surface area contributed by atoms with E-state index in [2.05, 4.69) is 10.6 Å². The number of hydrogen-bond acceptors (Lipinski definition) is 3. The number of anilines is 1. The molecule has 0 bridgehead atoms. The third kappa shape index (κ3) is 2.48. The Morgan fingerprint density at radius 1 is 1.29 bits per heavy atom.